The van der Waals surface area contributed by atoms with Crippen LogP contribution in [0, 0.1) is 0 Å². The average Bonchev–Trinajstić information content (AvgIpc) is 1.68. The molecule has 0 heterocycles. The molecule has 0 radical (unpaired) electrons. The van der Waals surface area contributed by atoms with Crippen LogP contribution in [0.2, 0.25) is 0 Å². The van der Waals surface area contributed by atoms with Gasteiger partial charge in [0.25, 0.3) is 0 Å². The summed E-state index contributed by atoms with van der Waals surface area (Å²) in [5, 5.41) is 0. The van der Waals surface area contributed by atoms with Crippen LogP contribution in [0.25, 0.3) is 0 Å². The first-order valence-corrected chi connectivity index (χ1v) is 2.46. The van der Waals surface area contributed by atoms with Crippen molar-refractivity contribution in [3.8, 4) is 0 Å². The van der Waals surface area contributed by atoms with Gasteiger partial charge in [-0.2, -0.15) is 0 Å². The number of esters is 1. The third-order valence-electron chi connectivity index (χ3n) is 0.594. The number of ether oxygens (including phenoxy) is 1. The van der Waals surface area contributed by atoms with E-state index in [1.165, 1.54) is 0 Å². The van der Waals surface area contributed by atoms with Gasteiger partial charge in [0, 0.05) is 32.6 Å². The molecule has 0 saturated heterocycles. The molecule has 8 heavy (non-hydrogen) atoms. The maximum absolute atomic E-state index is 10.2. The van der Waals surface area contributed by atoms with Crippen LogP contribution in [-0.4, -0.2) is 12.6 Å². The molecule has 0 aliphatic heterocycles. The number of rotatable bonds is 2. The van der Waals surface area contributed by atoms with Crippen molar-refractivity contribution < 1.29 is 35.7 Å². The first kappa shape index (κ1) is 11.2. The Bertz CT molecular complexity index is 63.4. The van der Waals surface area contributed by atoms with E-state index in [4.69, 9.17) is 0 Å². The molecule has 2 nitrogen and oxygen atoms in total. The topological polar surface area (TPSA) is 26.3 Å². The van der Waals surface area contributed by atoms with Crippen LogP contribution in [0.4, 0.5) is 0 Å². The summed E-state index contributed by atoms with van der Waals surface area (Å²) in [4.78, 5) is 10.2. The first-order chi connectivity index (χ1) is 3.31. The third kappa shape index (κ3) is 6.35. The quantitative estimate of drug-likeness (QED) is 0.611. The molecule has 0 fully saturated rings. The van der Waals surface area contributed by atoms with Crippen LogP contribution in [-0.2, 0) is 35.7 Å². The van der Waals surface area contributed by atoms with E-state index in [9.17, 15) is 4.79 Å². The Morgan fingerprint density at radius 1 is 1.50 bits per heavy atom. The second kappa shape index (κ2) is 7.35. The zero-order valence-electron chi connectivity index (χ0n) is 5.23. The van der Waals surface area contributed by atoms with Crippen molar-refractivity contribution in [3.63, 3.8) is 0 Å². The molecule has 0 aromatic heterocycles. The summed E-state index contributed by atoms with van der Waals surface area (Å²) < 4.78 is 4.55. The van der Waals surface area contributed by atoms with Crippen LogP contribution < -0.4 is 0 Å². The van der Waals surface area contributed by atoms with Gasteiger partial charge in [-0.05, 0) is 6.92 Å². The zero-order chi connectivity index (χ0) is 5.70. The number of carbonyl (C=O) groups excluding carboxylic acids is 1. The van der Waals surface area contributed by atoms with Crippen LogP contribution in [0.15, 0.2) is 0 Å². The minimum Gasteiger partial charge on any atom is -0.466 e. The fourth-order valence-corrected chi connectivity index (χ4v) is 0.263. The van der Waals surface area contributed by atoms with E-state index in [-0.39, 0.29) is 32.2 Å². The second-order valence-electron chi connectivity index (χ2n) is 1.16. The summed E-state index contributed by atoms with van der Waals surface area (Å²) >= 11 is 0. The third-order valence-corrected chi connectivity index (χ3v) is 0.594. The summed E-state index contributed by atoms with van der Waals surface area (Å²) in [6.45, 7) is 4.07. The van der Waals surface area contributed by atoms with Gasteiger partial charge in [0.15, 0.2) is 0 Å². The molecule has 0 aliphatic rings. The Morgan fingerprint density at radius 3 is 2.12 bits per heavy atom. The van der Waals surface area contributed by atoms with Gasteiger partial charge in [-0.3, -0.25) is 4.79 Å². The molecule has 0 saturated carbocycles. The van der Waals surface area contributed by atoms with Crippen molar-refractivity contribution in [2.45, 2.75) is 20.3 Å². The number of carbonyl (C=O) groups is 1. The molecule has 0 spiro atoms. The van der Waals surface area contributed by atoms with E-state index in [2.05, 4.69) is 4.74 Å². The van der Waals surface area contributed by atoms with Crippen molar-refractivity contribution in [2.75, 3.05) is 6.61 Å². The fraction of sp³-hybridized carbons (Fsp3) is 0.800. The molecule has 3 heteroatoms. The van der Waals surface area contributed by atoms with Crippen molar-refractivity contribution >= 4 is 5.97 Å². The van der Waals surface area contributed by atoms with E-state index in [0.29, 0.717) is 13.0 Å². The van der Waals surface area contributed by atoms with Crippen LogP contribution in [0.5, 0.6) is 0 Å². The van der Waals surface area contributed by atoms with Crippen molar-refractivity contribution in [1.29, 1.82) is 0 Å². The molecule has 0 atom stereocenters. The number of hydrogen-bond donors (Lipinski definition) is 0. The molecule has 46 valence electrons. The van der Waals surface area contributed by atoms with Crippen molar-refractivity contribution in [3.05, 3.63) is 0 Å². The van der Waals surface area contributed by atoms with E-state index in [0.717, 1.165) is 0 Å². The second-order valence-corrected chi connectivity index (χ2v) is 1.16. The van der Waals surface area contributed by atoms with E-state index in [1.807, 2.05) is 0 Å². The summed E-state index contributed by atoms with van der Waals surface area (Å²) in [6.07, 6.45) is 0.480. The monoisotopic (exact) mass is 192 g/mol. The van der Waals surface area contributed by atoms with E-state index < -0.39 is 0 Å². The Labute approximate surface area is 68.7 Å². The van der Waals surface area contributed by atoms with Crippen LogP contribution in [0.3, 0.4) is 0 Å². The van der Waals surface area contributed by atoms with Gasteiger partial charge in [-0.25, -0.2) is 0 Å². The SMILES string of the molecule is CCOC(=O)CC.[Zr]. The van der Waals surface area contributed by atoms with Gasteiger partial charge in [0.05, 0.1) is 6.61 Å². The summed E-state index contributed by atoms with van der Waals surface area (Å²) in [5.74, 6) is -0.123. The van der Waals surface area contributed by atoms with Gasteiger partial charge < -0.3 is 4.74 Å². The molecule has 0 unspecified atom stereocenters. The zero-order valence-corrected chi connectivity index (χ0v) is 7.69. The molecular weight excluding hydrogens is 183 g/mol. The van der Waals surface area contributed by atoms with E-state index in [1.54, 1.807) is 13.8 Å². The summed E-state index contributed by atoms with van der Waals surface area (Å²) in [7, 11) is 0. The molecule has 0 aromatic carbocycles. The molecular formula is C5H10O2Zr. The van der Waals surface area contributed by atoms with Gasteiger partial charge in [0.2, 0.25) is 0 Å². The summed E-state index contributed by atoms with van der Waals surface area (Å²) in [5.41, 5.74) is 0. The standard InChI is InChI=1S/C5H10O2.Zr/c1-3-5(6)7-4-2;/h3-4H2,1-2H3;. The molecule has 0 aliphatic carbocycles. The Morgan fingerprint density at radius 2 is 2.00 bits per heavy atom. The predicted octanol–water partition coefficient (Wildman–Crippen LogP) is 0.957. The molecule has 0 N–H and O–H groups in total. The molecule has 0 rings (SSSR count). The average molecular weight is 193 g/mol. The fourth-order valence-electron chi connectivity index (χ4n) is 0.263. The van der Waals surface area contributed by atoms with Gasteiger partial charge in [-0.15, -0.1) is 0 Å². The van der Waals surface area contributed by atoms with E-state index >= 15 is 0 Å². The minimum absolute atomic E-state index is 0. The largest absolute Gasteiger partial charge is 0.466 e. The maximum atomic E-state index is 10.2. The van der Waals surface area contributed by atoms with Crippen LogP contribution in [0.1, 0.15) is 20.3 Å². The van der Waals surface area contributed by atoms with Crippen molar-refractivity contribution in [2.24, 2.45) is 0 Å². The normalized spacial score (nSPS) is 7.25. The molecule has 0 amide bonds. The Kier molecular flexibility index (Phi) is 10.3. The smallest absolute Gasteiger partial charge is 0.305 e. The molecule has 0 bridgehead atoms. The van der Waals surface area contributed by atoms with Gasteiger partial charge >= 0.3 is 5.97 Å². The van der Waals surface area contributed by atoms with Crippen LogP contribution >= 0.6 is 0 Å². The summed E-state index contributed by atoms with van der Waals surface area (Å²) in [6, 6.07) is 0. The predicted molar refractivity (Wildman–Crippen MR) is 26.9 cm³/mol. The molecule has 0 aromatic rings. The maximum Gasteiger partial charge on any atom is 0.305 e. The van der Waals surface area contributed by atoms with Gasteiger partial charge in [-0.1, -0.05) is 6.92 Å². The Balaban J connectivity index is 0. The van der Waals surface area contributed by atoms with Gasteiger partial charge in [0.1, 0.15) is 0 Å². The number of hydrogen-bond acceptors (Lipinski definition) is 2. The first-order valence-electron chi connectivity index (χ1n) is 2.46. The minimum atomic E-state index is -0.123. The Hall–Kier alpha value is 0.353. The van der Waals surface area contributed by atoms with Crippen molar-refractivity contribution in [1.82, 2.24) is 0 Å².